The highest BCUT2D eigenvalue weighted by atomic mass is 16.5. The zero-order valence-electron chi connectivity index (χ0n) is 12.2. The lowest BCUT2D eigenvalue weighted by atomic mass is 10.2. The summed E-state index contributed by atoms with van der Waals surface area (Å²) >= 11 is 0. The maximum Gasteiger partial charge on any atom is 0.244 e. The number of hydrogen-bond acceptors (Lipinski definition) is 5. The first-order valence-corrected chi connectivity index (χ1v) is 6.63. The van der Waals surface area contributed by atoms with Gasteiger partial charge >= 0.3 is 0 Å². The van der Waals surface area contributed by atoms with Crippen LogP contribution in [0.1, 0.15) is 5.56 Å². The van der Waals surface area contributed by atoms with Gasteiger partial charge in [-0.3, -0.25) is 4.79 Å². The number of likely N-dealkylation sites (N-methyl/N-ethyl adjacent to an activating group) is 1. The molecule has 0 unspecified atom stereocenters. The third-order valence-electron chi connectivity index (χ3n) is 2.99. The average Bonchev–Trinajstić information content (AvgIpc) is 2.86. The van der Waals surface area contributed by atoms with Crippen LogP contribution < -0.4 is 10.5 Å². The molecular weight excluding hydrogens is 270 g/mol. The maximum absolute atomic E-state index is 11.9. The van der Waals surface area contributed by atoms with Crippen LogP contribution in [0.25, 0.3) is 0 Å². The topological polar surface area (TPSA) is 86.3 Å². The zero-order valence-corrected chi connectivity index (χ0v) is 12.2. The molecule has 7 nitrogen and oxygen atoms in total. The highest BCUT2D eigenvalue weighted by Crippen LogP contribution is 2.11. The highest BCUT2D eigenvalue weighted by Gasteiger charge is 2.10. The van der Waals surface area contributed by atoms with Crippen molar-refractivity contribution in [2.24, 2.45) is 0 Å². The minimum Gasteiger partial charge on any atom is -0.492 e. The minimum absolute atomic E-state index is 0.0765. The minimum atomic E-state index is -0.0765. The molecule has 1 amide bonds. The quantitative estimate of drug-likeness (QED) is 0.846. The fourth-order valence-corrected chi connectivity index (χ4v) is 1.70. The van der Waals surface area contributed by atoms with E-state index in [1.165, 1.54) is 16.6 Å². The van der Waals surface area contributed by atoms with Gasteiger partial charge in [0.25, 0.3) is 0 Å². The summed E-state index contributed by atoms with van der Waals surface area (Å²) in [6.07, 6.45) is 1.43. The number of nitrogen functional groups attached to an aromatic ring is 1. The molecule has 0 saturated heterocycles. The molecule has 1 aromatic carbocycles. The Morgan fingerprint density at radius 2 is 2.10 bits per heavy atom. The van der Waals surface area contributed by atoms with E-state index in [1.54, 1.807) is 11.9 Å². The Morgan fingerprint density at radius 1 is 1.38 bits per heavy atom. The van der Waals surface area contributed by atoms with Gasteiger partial charge in [-0.1, -0.05) is 17.7 Å². The van der Waals surface area contributed by atoms with Crippen LogP contribution in [0.4, 0.5) is 5.95 Å². The fraction of sp³-hybridized carbons (Fsp3) is 0.357. The van der Waals surface area contributed by atoms with Crippen LogP contribution in [-0.4, -0.2) is 45.8 Å². The number of ether oxygens (including phenoxy) is 1. The normalized spacial score (nSPS) is 10.4. The molecule has 21 heavy (non-hydrogen) atoms. The van der Waals surface area contributed by atoms with Crippen molar-refractivity contribution in [1.29, 1.82) is 0 Å². The Morgan fingerprint density at radius 3 is 2.71 bits per heavy atom. The highest BCUT2D eigenvalue weighted by molar-refractivity contribution is 5.75. The molecule has 0 bridgehead atoms. The van der Waals surface area contributed by atoms with Crippen molar-refractivity contribution in [3.8, 4) is 5.75 Å². The lowest BCUT2D eigenvalue weighted by molar-refractivity contribution is -0.131. The Labute approximate surface area is 123 Å². The molecule has 2 aromatic rings. The van der Waals surface area contributed by atoms with Gasteiger partial charge in [0.2, 0.25) is 11.9 Å². The van der Waals surface area contributed by atoms with Gasteiger partial charge in [-0.15, -0.1) is 5.10 Å². The van der Waals surface area contributed by atoms with Crippen LogP contribution in [0, 0.1) is 6.92 Å². The van der Waals surface area contributed by atoms with Crippen LogP contribution in [0.2, 0.25) is 0 Å². The predicted octanol–water partition coefficient (Wildman–Crippen LogP) is 0.706. The van der Waals surface area contributed by atoms with Crippen LogP contribution in [0.15, 0.2) is 30.6 Å². The molecule has 0 radical (unpaired) electrons. The van der Waals surface area contributed by atoms with E-state index in [0.717, 1.165) is 5.75 Å². The van der Waals surface area contributed by atoms with Gasteiger partial charge in [-0.25, -0.2) is 9.67 Å². The zero-order chi connectivity index (χ0) is 15.2. The van der Waals surface area contributed by atoms with E-state index in [-0.39, 0.29) is 18.4 Å². The van der Waals surface area contributed by atoms with E-state index in [9.17, 15) is 4.79 Å². The van der Waals surface area contributed by atoms with E-state index in [2.05, 4.69) is 10.1 Å². The second-order valence-corrected chi connectivity index (χ2v) is 4.78. The lowest BCUT2D eigenvalue weighted by Gasteiger charge is -2.17. The number of benzene rings is 1. The van der Waals surface area contributed by atoms with Crippen LogP contribution in [-0.2, 0) is 11.3 Å². The van der Waals surface area contributed by atoms with E-state index in [1.807, 2.05) is 31.2 Å². The Hall–Kier alpha value is -2.57. The van der Waals surface area contributed by atoms with Crippen molar-refractivity contribution in [3.05, 3.63) is 36.2 Å². The summed E-state index contributed by atoms with van der Waals surface area (Å²) in [5.41, 5.74) is 6.58. The number of amides is 1. The third kappa shape index (κ3) is 4.48. The second kappa shape index (κ2) is 6.74. The van der Waals surface area contributed by atoms with E-state index < -0.39 is 0 Å². The largest absolute Gasteiger partial charge is 0.492 e. The number of rotatable bonds is 6. The number of nitrogens with two attached hydrogens (primary N) is 1. The van der Waals surface area contributed by atoms with Gasteiger partial charge in [0.1, 0.15) is 25.2 Å². The van der Waals surface area contributed by atoms with E-state index >= 15 is 0 Å². The van der Waals surface area contributed by atoms with Crippen LogP contribution in [0.3, 0.4) is 0 Å². The molecule has 2 rings (SSSR count). The van der Waals surface area contributed by atoms with Crippen molar-refractivity contribution in [2.75, 3.05) is 25.9 Å². The first kappa shape index (κ1) is 14.8. The van der Waals surface area contributed by atoms with Crippen molar-refractivity contribution >= 4 is 11.9 Å². The molecule has 1 heterocycles. The molecule has 0 saturated carbocycles. The molecule has 0 spiro atoms. The average molecular weight is 289 g/mol. The van der Waals surface area contributed by atoms with E-state index in [0.29, 0.717) is 13.2 Å². The molecule has 0 fully saturated rings. The monoisotopic (exact) mass is 289 g/mol. The number of anilines is 1. The molecule has 0 atom stereocenters. The Bertz CT molecular complexity index is 594. The van der Waals surface area contributed by atoms with Gasteiger partial charge in [0.15, 0.2) is 0 Å². The molecule has 1 aromatic heterocycles. The second-order valence-electron chi connectivity index (χ2n) is 4.78. The van der Waals surface area contributed by atoms with Crippen LogP contribution in [0.5, 0.6) is 5.75 Å². The summed E-state index contributed by atoms with van der Waals surface area (Å²) in [5.74, 6) is 0.881. The van der Waals surface area contributed by atoms with Crippen molar-refractivity contribution in [1.82, 2.24) is 19.7 Å². The molecule has 0 aliphatic carbocycles. The fourth-order valence-electron chi connectivity index (χ4n) is 1.70. The van der Waals surface area contributed by atoms with E-state index in [4.69, 9.17) is 10.5 Å². The Kier molecular flexibility index (Phi) is 4.76. The number of nitrogens with zero attached hydrogens (tertiary/aromatic N) is 4. The first-order valence-electron chi connectivity index (χ1n) is 6.63. The number of aryl methyl sites for hydroxylation is 1. The maximum atomic E-state index is 11.9. The van der Waals surface area contributed by atoms with Crippen molar-refractivity contribution < 1.29 is 9.53 Å². The predicted molar refractivity (Wildman–Crippen MR) is 78.7 cm³/mol. The summed E-state index contributed by atoms with van der Waals surface area (Å²) in [6.45, 7) is 3.07. The third-order valence-corrected chi connectivity index (χ3v) is 2.99. The molecule has 112 valence electrons. The van der Waals surface area contributed by atoms with Gasteiger partial charge in [0.05, 0.1) is 6.54 Å². The van der Waals surface area contributed by atoms with Crippen molar-refractivity contribution in [3.63, 3.8) is 0 Å². The van der Waals surface area contributed by atoms with Gasteiger partial charge in [0, 0.05) is 7.05 Å². The smallest absolute Gasteiger partial charge is 0.244 e. The number of carbonyl (C=O) groups excluding carboxylic acids is 1. The molecule has 7 heteroatoms. The van der Waals surface area contributed by atoms with Crippen molar-refractivity contribution in [2.45, 2.75) is 13.5 Å². The van der Waals surface area contributed by atoms with Gasteiger partial charge in [-0.2, -0.15) is 0 Å². The van der Waals surface area contributed by atoms with Crippen LogP contribution >= 0.6 is 0 Å². The van der Waals surface area contributed by atoms with Gasteiger partial charge in [-0.05, 0) is 19.1 Å². The summed E-state index contributed by atoms with van der Waals surface area (Å²) in [5, 5.41) is 3.87. The summed E-state index contributed by atoms with van der Waals surface area (Å²) in [7, 11) is 1.72. The Balaban J connectivity index is 1.74. The lowest BCUT2D eigenvalue weighted by Crippen LogP contribution is -2.33. The summed E-state index contributed by atoms with van der Waals surface area (Å²) in [4.78, 5) is 17.3. The summed E-state index contributed by atoms with van der Waals surface area (Å²) < 4.78 is 7.00. The first-order chi connectivity index (χ1) is 10.0. The molecule has 0 aliphatic heterocycles. The SMILES string of the molecule is Cc1ccc(OCCN(C)C(=O)Cn2cnc(N)n2)cc1. The number of hydrogen-bond donors (Lipinski definition) is 1. The summed E-state index contributed by atoms with van der Waals surface area (Å²) in [6, 6.07) is 7.79. The molecule has 2 N–H and O–H groups in total. The standard InChI is InChI=1S/C14H19N5O2/c1-11-3-5-12(6-4-11)21-8-7-18(2)13(20)9-19-10-16-14(15)17-19/h3-6,10H,7-9H2,1-2H3,(H2,15,17). The van der Waals surface area contributed by atoms with Gasteiger partial charge < -0.3 is 15.4 Å². The number of carbonyl (C=O) groups is 1. The molecular formula is C14H19N5O2. The number of aromatic nitrogens is 3. The molecule has 0 aliphatic rings.